The molecule has 28 atom stereocenters. The molecule has 1 aromatic carbocycles. The summed E-state index contributed by atoms with van der Waals surface area (Å²) in [5.41, 5.74) is 0.0479. The van der Waals surface area contributed by atoms with Gasteiger partial charge in [-0.3, -0.25) is 24.0 Å². The van der Waals surface area contributed by atoms with Crippen LogP contribution in [-0.2, 0) is 71.3 Å². The van der Waals surface area contributed by atoms with Gasteiger partial charge in [0.2, 0.25) is 23.6 Å². The monoisotopic (exact) mass is 1440 g/mol. The minimum atomic E-state index is -2.03. The van der Waals surface area contributed by atoms with E-state index in [1.54, 1.807) is 12.1 Å². The van der Waals surface area contributed by atoms with Crippen LogP contribution in [0, 0.1) is 0 Å². The summed E-state index contributed by atoms with van der Waals surface area (Å²) in [4.78, 5) is 64.3. The normalized spacial score (nSPS) is 32.7. The molecule has 0 aromatic heterocycles. The van der Waals surface area contributed by atoms with Crippen molar-refractivity contribution in [1.82, 2.24) is 26.6 Å². The Morgan fingerprint density at radius 1 is 0.540 bits per heavy atom. The molecule has 4 aliphatic rings. The second-order valence-electron chi connectivity index (χ2n) is 25.1. The number of aliphatic hydroxyl groups excluding tert-OH is 14. The van der Waals surface area contributed by atoms with Gasteiger partial charge in [0.15, 0.2) is 37.7 Å². The largest absolute Gasteiger partial charge is 0.494 e. The highest BCUT2D eigenvalue weighted by Crippen LogP contribution is 2.34. The average molecular weight is 1440 g/mol. The molecule has 1 aromatic rings. The molecule has 0 bridgehead atoms. The second-order valence-corrected chi connectivity index (χ2v) is 25.1. The van der Waals surface area contributed by atoms with Crippen molar-refractivity contribution in [3.8, 4) is 5.75 Å². The lowest BCUT2D eigenvalue weighted by molar-refractivity contribution is -0.347. The van der Waals surface area contributed by atoms with E-state index in [4.69, 9.17) is 56.8 Å². The van der Waals surface area contributed by atoms with Gasteiger partial charge in [-0.05, 0) is 64.7 Å². The zero-order valence-electron chi connectivity index (χ0n) is 57.4. The van der Waals surface area contributed by atoms with Crippen LogP contribution in [0.25, 0.3) is 0 Å². The molecule has 4 saturated heterocycles. The molecule has 100 heavy (non-hydrogen) atoms. The molecule has 0 radical (unpaired) electrons. The maximum Gasteiger partial charge on any atom is 0.251 e. The zero-order valence-corrected chi connectivity index (χ0v) is 57.4. The minimum Gasteiger partial charge on any atom is -0.494 e. The van der Waals surface area contributed by atoms with Crippen molar-refractivity contribution < 1.29 is 152 Å². The van der Waals surface area contributed by atoms with Gasteiger partial charge in [-0.2, -0.15) is 0 Å². The highest BCUT2D eigenvalue weighted by Gasteiger charge is 2.55. The van der Waals surface area contributed by atoms with E-state index in [-0.39, 0.29) is 5.56 Å². The predicted octanol–water partition coefficient (Wildman–Crippen LogP) is -6.10. The fourth-order valence-electron chi connectivity index (χ4n) is 11.6. The molecular weight excluding hydrogens is 1330 g/mol. The Morgan fingerprint density at radius 2 is 1.08 bits per heavy atom. The SMILES string of the molecule is CCCCCC/C=C\CCCOc1cccc(C(=O)N[C@@H]2C(O[C@H]3C(O)C(NC(C)=O)[C@H](OC(CO)C(CO)O[C@@H](O[C@H]4C(O)C(NC(C)=O)C(OC(CO)C(CO[C@@H]5OC(C)C(O)[C@H](O)[C@H]5O)OC(O)[C@H](C)NC(C)=O)O[C@H]4CO)[C@H](C)NC(C)=O)O[C@H]3CO)OC(CO)[C@@H](O)C2O)c1. The number of unbranched alkanes of at least 4 members (excludes halogenated alkanes) is 5. The Balaban J connectivity index is 1.36. The average Bonchev–Trinajstić information content (AvgIpc) is 0.787. The van der Waals surface area contributed by atoms with Gasteiger partial charge in [0, 0.05) is 33.3 Å². The second kappa shape index (κ2) is 42.8. The fraction of sp³-hybridized carbons (Fsp3) is 0.797. The highest BCUT2D eigenvalue weighted by molar-refractivity contribution is 5.94. The third-order valence-electron chi connectivity index (χ3n) is 17.0. The minimum absolute atomic E-state index is 0.0479. The van der Waals surface area contributed by atoms with E-state index >= 15 is 0 Å². The van der Waals surface area contributed by atoms with Gasteiger partial charge < -0.3 is 155 Å². The van der Waals surface area contributed by atoms with Gasteiger partial charge in [-0.15, -0.1) is 0 Å². The molecule has 36 nitrogen and oxygen atoms in total. The van der Waals surface area contributed by atoms with Gasteiger partial charge in [0.05, 0.1) is 71.0 Å². The van der Waals surface area contributed by atoms with Crippen LogP contribution in [0.5, 0.6) is 5.75 Å². The lowest BCUT2D eigenvalue weighted by atomic mass is 9.94. The number of hydrogen-bond acceptors (Lipinski definition) is 31. The standard InChI is InChI=1S/C64H107N5O31/c1-9-10-11-12-13-14-15-16-17-21-89-38-20-18-19-37(22-38)58(87)69-46-51(82)50(81)42(26-73)96-63(46)100-57-44(28-75)98-61(48(53(57)84)68-36(8)79)94-40(24-71)39(23-70)93-60(31(3)66-34(6)77)99-56-43(27-74)97-62(47(52(56)83)67-35(7)78)95-41(25-72)45(92-59(88)30(2)65-33(5)76)29-90-64-55(86)54(85)49(80)32(4)91-64/h14-15,18-20,22,30-32,39-57,59-64,70-75,80-86,88H,9-13,16-17,21,23-29H2,1-8H3,(H,65,76)(H,66,77)(H,67,78)(H,68,79)(H,69,87)/b15-14-/t30-,31-,32?,39?,40?,41?,42?,43-,44-,45?,46-,47?,48?,49?,50+,51?,52?,53?,54-,55+,56+,57+,59?,60-,61+,62?,63?,64+/m0/s1. The number of allylic oxidation sites excluding steroid dienone is 2. The Bertz CT molecular complexity index is 2640. The van der Waals surface area contributed by atoms with E-state index in [0.29, 0.717) is 18.8 Å². The third-order valence-corrected chi connectivity index (χ3v) is 17.0. The summed E-state index contributed by atoms with van der Waals surface area (Å²) >= 11 is 0. The molecule has 0 saturated carbocycles. The summed E-state index contributed by atoms with van der Waals surface area (Å²) in [5.74, 6) is -3.36. The van der Waals surface area contributed by atoms with E-state index in [9.17, 15) is 95.5 Å². The maximum absolute atomic E-state index is 13.9. The molecule has 4 heterocycles. The van der Waals surface area contributed by atoms with E-state index < -0.39 is 248 Å². The molecule has 19 N–H and O–H groups in total. The topological polar surface area (TPSA) is 539 Å². The number of rotatable bonds is 41. The number of aliphatic hydroxyl groups is 14. The number of nitrogens with one attached hydrogen (secondary N) is 5. The van der Waals surface area contributed by atoms with Crippen LogP contribution in [0.2, 0.25) is 0 Å². The Morgan fingerprint density at radius 3 is 1.64 bits per heavy atom. The molecule has 574 valence electrons. The Hall–Kier alpha value is -4.89. The Labute approximate surface area is 579 Å². The van der Waals surface area contributed by atoms with Crippen molar-refractivity contribution in [3.05, 3.63) is 42.0 Å². The number of ether oxygens (including phenoxy) is 12. The van der Waals surface area contributed by atoms with E-state index in [2.05, 4.69) is 45.7 Å². The number of amides is 5. The van der Waals surface area contributed by atoms with Crippen LogP contribution in [0.1, 0.15) is 111 Å². The maximum atomic E-state index is 13.9. The summed E-state index contributed by atoms with van der Waals surface area (Å²) in [6.45, 7) is 4.08. The first-order valence-corrected chi connectivity index (χ1v) is 33.6. The molecule has 4 aliphatic heterocycles. The smallest absolute Gasteiger partial charge is 0.251 e. The molecule has 15 unspecified atom stereocenters. The van der Waals surface area contributed by atoms with Crippen LogP contribution in [-0.4, -0.2) is 326 Å². The molecule has 5 amide bonds. The first kappa shape index (κ1) is 85.8. The first-order chi connectivity index (χ1) is 47.6. The van der Waals surface area contributed by atoms with Crippen LogP contribution in [0.15, 0.2) is 36.4 Å². The molecule has 36 heteroatoms. The molecule has 5 rings (SSSR count). The summed E-state index contributed by atoms with van der Waals surface area (Å²) in [7, 11) is 0. The van der Waals surface area contributed by atoms with Crippen LogP contribution in [0.4, 0.5) is 0 Å². The lowest BCUT2D eigenvalue weighted by Gasteiger charge is -2.48. The third kappa shape index (κ3) is 24.9. The number of carbonyl (C=O) groups excluding carboxylic acids is 5. The van der Waals surface area contributed by atoms with Gasteiger partial charge in [0.25, 0.3) is 5.91 Å². The van der Waals surface area contributed by atoms with E-state index in [0.717, 1.165) is 53.4 Å². The Kier molecular flexibility index (Phi) is 36.7. The van der Waals surface area contributed by atoms with Gasteiger partial charge in [0.1, 0.15) is 122 Å². The van der Waals surface area contributed by atoms with E-state index in [1.807, 2.05) is 0 Å². The van der Waals surface area contributed by atoms with Crippen molar-refractivity contribution in [3.63, 3.8) is 0 Å². The van der Waals surface area contributed by atoms with Crippen LogP contribution >= 0.6 is 0 Å². The molecule has 0 aliphatic carbocycles. The number of benzene rings is 1. The van der Waals surface area contributed by atoms with Gasteiger partial charge >= 0.3 is 0 Å². The number of hydrogen-bond donors (Lipinski definition) is 19. The lowest BCUT2D eigenvalue weighted by Crippen LogP contribution is -2.69. The highest BCUT2D eigenvalue weighted by atomic mass is 16.8. The summed E-state index contributed by atoms with van der Waals surface area (Å²) in [5, 5.41) is 167. The number of carbonyl (C=O) groups is 5. The van der Waals surface area contributed by atoms with Crippen molar-refractivity contribution in [2.45, 2.75) is 272 Å². The van der Waals surface area contributed by atoms with Gasteiger partial charge in [-0.25, -0.2) is 0 Å². The molecular formula is C64H107N5O31. The first-order valence-electron chi connectivity index (χ1n) is 33.6. The summed E-state index contributed by atoms with van der Waals surface area (Å²) in [6, 6.07) is -1.47. The van der Waals surface area contributed by atoms with Crippen molar-refractivity contribution in [2.75, 3.05) is 52.9 Å². The van der Waals surface area contributed by atoms with Crippen LogP contribution in [0.3, 0.4) is 0 Å². The molecule has 0 spiro atoms. The summed E-state index contributed by atoms with van der Waals surface area (Å²) < 4.78 is 72.0. The van der Waals surface area contributed by atoms with Crippen LogP contribution < -0.4 is 31.3 Å². The van der Waals surface area contributed by atoms with Crippen molar-refractivity contribution in [1.29, 1.82) is 0 Å². The van der Waals surface area contributed by atoms with Gasteiger partial charge in [-0.1, -0.05) is 44.4 Å². The quantitative estimate of drug-likeness (QED) is 0.0165. The van der Waals surface area contributed by atoms with Crippen molar-refractivity contribution in [2.24, 2.45) is 0 Å². The molecule has 4 fully saturated rings. The fourth-order valence-corrected chi connectivity index (χ4v) is 11.6. The predicted molar refractivity (Wildman–Crippen MR) is 342 cm³/mol. The van der Waals surface area contributed by atoms with Crippen molar-refractivity contribution >= 4 is 29.5 Å². The van der Waals surface area contributed by atoms with E-state index in [1.165, 1.54) is 45.7 Å². The zero-order chi connectivity index (χ0) is 74.1. The summed E-state index contributed by atoms with van der Waals surface area (Å²) in [6.07, 6.45) is -29.1.